The largest absolute Gasteiger partial charge is 0.465 e. The Morgan fingerprint density at radius 1 is 1.04 bits per heavy atom. The van der Waals surface area contributed by atoms with E-state index in [0.29, 0.717) is 11.3 Å². The number of ether oxygens (including phenoxy) is 1. The number of anilines is 2. The molecule has 0 aliphatic heterocycles. The van der Waals surface area contributed by atoms with E-state index in [1.165, 1.54) is 55.6 Å². The Morgan fingerprint density at radius 3 is 2.21 bits per heavy atom. The minimum Gasteiger partial charge on any atom is -0.465 e. The zero-order valence-corrected chi connectivity index (χ0v) is 12.5. The molecule has 1 aromatic heterocycles. The van der Waals surface area contributed by atoms with Crippen LogP contribution in [0, 0.1) is 11.6 Å². The predicted molar refractivity (Wildman–Crippen MR) is 82.9 cm³/mol. The van der Waals surface area contributed by atoms with Crippen LogP contribution < -0.4 is 5.32 Å². The number of carbonyl (C=O) groups excluding carboxylic acids is 1. The molecule has 0 aliphatic carbocycles. The highest BCUT2D eigenvalue weighted by atomic mass is 19.1. The Morgan fingerprint density at radius 2 is 1.62 bits per heavy atom. The van der Waals surface area contributed by atoms with Crippen molar-refractivity contribution in [2.24, 2.45) is 0 Å². The van der Waals surface area contributed by atoms with Crippen molar-refractivity contribution in [3.05, 3.63) is 65.7 Å². The fourth-order valence-electron chi connectivity index (χ4n) is 2.14. The van der Waals surface area contributed by atoms with Crippen molar-refractivity contribution in [1.29, 1.82) is 0 Å². The molecule has 0 aliphatic rings. The van der Waals surface area contributed by atoms with E-state index >= 15 is 0 Å². The van der Waals surface area contributed by atoms with Crippen molar-refractivity contribution >= 4 is 17.5 Å². The van der Waals surface area contributed by atoms with E-state index in [1.54, 1.807) is 0 Å². The van der Waals surface area contributed by atoms with Gasteiger partial charge in [-0.25, -0.2) is 13.6 Å². The molecule has 0 amide bonds. The lowest BCUT2D eigenvalue weighted by molar-refractivity contribution is 0.0602. The fourth-order valence-corrected chi connectivity index (χ4v) is 2.14. The monoisotopic (exact) mass is 330 g/mol. The number of hydrogen-bond donors (Lipinski definition) is 1. The van der Waals surface area contributed by atoms with Crippen LogP contribution in [0.1, 0.15) is 10.4 Å². The van der Waals surface area contributed by atoms with Crippen molar-refractivity contribution in [3.8, 4) is 11.3 Å². The summed E-state index contributed by atoms with van der Waals surface area (Å²) >= 11 is 0. The number of halogens is 2. The second kappa shape index (κ2) is 6.49. The van der Waals surface area contributed by atoms with Gasteiger partial charge in [-0.2, -0.15) is 0 Å². The van der Waals surface area contributed by atoms with Gasteiger partial charge in [0.25, 0.3) is 0 Å². The van der Waals surface area contributed by atoms with Gasteiger partial charge in [-0.3, -0.25) is 0 Å². The molecule has 0 saturated heterocycles. The number of benzene rings is 2. The molecule has 0 radical (unpaired) electrons. The van der Waals surface area contributed by atoms with Crippen LogP contribution in [0.2, 0.25) is 0 Å². The summed E-state index contributed by atoms with van der Waals surface area (Å²) < 4.78 is 36.0. The molecule has 0 spiro atoms. The average Bonchev–Trinajstić information content (AvgIpc) is 3.00. The second-order valence-electron chi connectivity index (χ2n) is 4.87. The third-order valence-corrected chi connectivity index (χ3v) is 3.30. The molecule has 3 rings (SSSR count). The summed E-state index contributed by atoms with van der Waals surface area (Å²) in [4.78, 5) is 12.1. The topological polar surface area (TPSA) is 64.4 Å². The molecule has 24 heavy (non-hydrogen) atoms. The summed E-state index contributed by atoms with van der Waals surface area (Å²) in [5, 5.41) is 6.71. The molecule has 7 heteroatoms. The molecule has 5 nitrogen and oxygen atoms in total. The van der Waals surface area contributed by atoms with Crippen LogP contribution >= 0.6 is 0 Å². The van der Waals surface area contributed by atoms with Crippen LogP contribution in [-0.4, -0.2) is 18.2 Å². The molecule has 122 valence electrons. The van der Waals surface area contributed by atoms with E-state index in [1.807, 2.05) is 0 Å². The van der Waals surface area contributed by atoms with E-state index in [9.17, 15) is 13.6 Å². The second-order valence-corrected chi connectivity index (χ2v) is 4.87. The summed E-state index contributed by atoms with van der Waals surface area (Å²) in [6, 6.07) is 10.9. The standard InChI is InChI=1S/C17H12F2N2O3/c1-23-17(22)14-15(10-2-4-11(18)5-3-10)21-24-16(14)20-13-8-6-12(19)7-9-13/h2-9,20H,1H3. The number of esters is 1. The van der Waals surface area contributed by atoms with Gasteiger partial charge in [0.15, 0.2) is 5.56 Å². The van der Waals surface area contributed by atoms with Crippen LogP contribution in [0.25, 0.3) is 11.3 Å². The Bertz CT molecular complexity index is 859. The van der Waals surface area contributed by atoms with Gasteiger partial charge in [0, 0.05) is 11.3 Å². The van der Waals surface area contributed by atoms with Crippen LogP contribution in [0.4, 0.5) is 20.4 Å². The van der Waals surface area contributed by atoms with Gasteiger partial charge >= 0.3 is 5.97 Å². The van der Waals surface area contributed by atoms with Crippen LogP contribution in [0.3, 0.4) is 0 Å². The lowest BCUT2D eigenvalue weighted by Crippen LogP contribution is -2.05. The van der Waals surface area contributed by atoms with Crippen molar-refractivity contribution < 1.29 is 22.8 Å². The molecular formula is C17H12F2N2O3. The number of methoxy groups -OCH3 is 1. The van der Waals surface area contributed by atoms with E-state index in [0.717, 1.165) is 0 Å². The maximum Gasteiger partial charge on any atom is 0.345 e. The first kappa shape index (κ1) is 15.7. The lowest BCUT2D eigenvalue weighted by atomic mass is 10.1. The van der Waals surface area contributed by atoms with Gasteiger partial charge in [-0.15, -0.1) is 0 Å². The first-order chi connectivity index (χ1) is 11.6. The zero-order chi connectivity index (χ0) is 17.1. The molecule has 1 N–H and O–H groups in total. The van der Waals surface area contributed by atoms with E-state index in [4.69, 9.17) is 9.26 Å². The third kappa shape index (κ3) is 3.10. The fraction of sp³-hybridized carbons (Fsp3) is 0.0588. The highest BCUT2D eigenvalue weighted by Gasteiger charge is 2.25. The minimum absolute atomic E-state index is 0.0489. The van der Waals surface area contributed by atoms with Crippen molar-refractivity contribution in [2.45, 2.75) is 0 Å². The predicted octanol–water partition coefficient (Wildman–Crippen LogP) is 4.15. The summed E-state index contributed by atoms with van der Waals surface area (Å²) in [7, 11) is 1.23. The number of aromatic nitrogens is 1. The highest BCUT2D eigenvalue weighted by molar-refractivity contribution is 6.01. The number of nitrogens with one attached hydrogen (secondary N) is 1. The Balaban J connectivity index is 2.02. The van der Waals surface area contributed by atoms with Crippen LogP contribution in [-0.2, 0) is 4.74 Å². The maximum absolute atomic E-state index is 13.1. The number of rotatable bonds is 4. The molecule has 2 aromatic carbocycles. The zero-order valence-electron chi connectivity index (χ0n) is 12.5. The third-order valence-electron chi connectivity index (χ3n) is 3.30. The lowest BCUT2D eigenvalue weighted by Gasteiger charge is -2.05. The summed E-state index contributed by atoms with van der Waals surface area (Å²) in [5.41, 5.74) is 1.27. The first-order valence-electron chi connectivity index (χ1n) is 6.95. The average molecular weight is 330 g/mol. The minimum atomic E-state index is -0.666. The highest BCUT2D eigenvalue weighted by Crippen LogP contribution is 2.31. The molecule has 0 fully saturated rings. The van der Waals surface area contributed by atoms with Crippen LogP contribution in [0.5, 0.6) is 0 Å². The Hall–Kier alpha value is -3.22. The molecule has 0 saturated carbocycles. The summed E-state index contributed by atoms with van der Waals surface area (Å²) in [5.74, 6) is -1.42. The molecule has 0 unspecified atom stereocenters. The Labute approximate surface area is 135 Å². The Kier molecular flexibility index (Phi) is 4.24. The van der Waals surface area contributed by atoms with E-state index < -0.39 is 17.6 Å². The van der Waals surface area contributed by atoms with Gasteiger partial charge in [0.2, 0.25) is 5.88 Å². The van der Waals surface area contributed by atoms with E-state index in [-0.39, 0.29) is 17.1 Å². The molecule has 3 aromatic rings. The van der Waals surface area contributed by atoms with Crippen molar-refractivity contribution in [3.63, 3.8) is 0 Å². The van der Waals surface area contributed by atoms with Crippen molar-refractivity contribution in [2.75, 3.05) is 12.4 Å². The number of carbonyl (C=O) groups is 1. The van der Waals surface area contributed by atoms with Gasteiger partial charge in [0.05, 0.1) is 7.11 Å². The quantitative estimate of drug-likeness (QED) is 0.728. The smallest absolute Gasteiger partial charge is 0.345 e. The van der Waals surface area contributed by atoms with Gasteiger partial charge < -0.3 is 14.6 Å². The molecular weight excluding hydrogens is 318 g/mol. The van der Waals surface area contributed by atoms with Crippen molar-refractivity contribution in [1.82, 2.24) is 5.16 Å². The SMILES string of the molecule is COC(=O)c1c(-c2ccc(F)cc2)noc1Nc1ccc(F)cc1. The summed E-state index contributed by atoms with van der Waals surface area (Å²) in [6.45, 7) is 0. The van der Waals surface area contributed by atoms with Gasteiger partial charge in [0.1, 0.15) is 17.3 Å². The number of nitrogens with zero attached hydrogens (tertiary/aromatic N) is 1. The van der Waals surface area contributed by atoms with Gasteiger partial charge in [-0.05, 0) is 48.5 Å². The molecule has 0 atom stereocenters. The molecule has 0 bridgehead atoms. The number of hydrogen-bond acceptors (Lipinski definition) is 5. The molecule has 1 heterocycles. The van der Waals surface area contributed by atoms with Crippen LogP contribution in [0.15, 0.2) is 53.1 Å². The normalized spacial score (nSPS) is 10.5. The maximum atomic E-state index is 13.1. The van der Waals surface area contributed by atoms with Gasteiger partial charge in [-0.1, -0.05) is 5.16 Å². The first-order valence-corrected chi connectivity index (χ1v) is 6.95. The van der Waals surface area contributed by atoms with E-state index in [2.05, 4.69) is 10.5 Å². The summed E-state index contributed by atoms with van der Waals surface area (Å²) in [6.07, 6.45) is 0.